The molecular formula is C19H14ClN. The summed E-state index contributed by atoms with van der Waals surface area (Å²) in [5.74, 6) is 0. The molecule has 0 bridgehead atoms. The Morgan fingerprint density at radius 2 is 1.38 bits per heavy atom. The lowest BCUT2D eigenvalue weighted by Gasteiger charge is -2.45. The van der Waals surface area contributed by atoms with Crippen LogP contribution in [-0.2, 0) is 0 Å². The van der Waals surface area contributed by atoms with E-state index in [1.165, 1.54) is 22.5 Å². The summed E-state index contributed by atoms with van der Waals surface area (Å²) in [6, 6.07) is 27.5. The fourth-order valence-electron chi connectivity index (χ4n) is 3.00. The maximum Gasteiger partial charge on any atom is 0.0865 e. The van der Waals surface area contributed by atoms with Crippen LogP contribution in [0.2, 0.25) is 5.02 Å². The van der Waals surface area contributed by atoms with Crippen molar-refractivity contribution in [2.45, 2.75) is 6.04 Å². The summed E-state index contributed by atoms with van der Waals surface area (Å²) in [7, 11) is 0. The normalized spacial score (nSPS) is 16.2. The SMILES string of the molecule is Clc1ccc(N2c3ccccc3C2c2ccccc2)cc1. The number of para-hydroxylation sites is 1. The standard InChI is InChI=1S/C19H14ClN/c20-15-10-12-16(13-11-15)21-18-9-5-4-8-17(18)19(21)14-6-2-1-3-7-14/h1-13,19H. The molecule has 3 aromatic rings. The maximum absolute atomic E-state index is 6.01. The summed E-state index contributed by atoms with van der Waals surface area (Å²) in [6.45, 7) is 0. The van der Waals surface area contributed by atoms with E-state index < -0.39 is 0 Å². The van der Waals surface area contributed by atoms with Crippen molar-refractivity contribution in [2.24, 2.45) is 0 Å². The van der Waals surface area contributed by atoms with E-state index in [0.717, 1.165) is 5.02 Å². The van der Waals surface area contributed by atoms with Gasteiger partial charge >= 0.3 is 0 Å². The molecule has 1 heterocycles. The molecule has 0 saturated heterocycles. The molecule has 0 aliphatic carbocycles. The second-order valence-corrected chi connectivity index (χ2v) is 5.65. The first-order valence-electron chi connectivity index (χ1n) is 7.03. The highest BCUT2D eigenvalue weighted by Crippen LogP contribution is 2.51. The lowest BCUT2D eigenvalue weighted by molar-refractivity contribution is 0.747. The van der Waals surface area contributed by atoms with E-state index in [-0.39, 0.29) is 6.04 Å². The Bertz CT molecular complexity index is 765. The molecule has 0 saturated carbocycles. The Morgan fingerprint density at radius 3 is 2.14 bits per heavy atom. The van der Waals surface area contributed by atoms with Crippen LogP contribution < -0.4 is 4.90 Å². The molecule has 0 fully saturated rings. The van der Waals surface area contributed by atoms with Gasteiger partial charge < -0.3 is 4.90 Å². The minimum Gasteiger partial charge on any atom is -0.329 e. The van der Waals surface area contributed by atoms with Crippen LogP contribution in [0.25, 0.3) is 0 Å². The van der Waals surface area contributed by atoms with Gasteiger partial charge in [0.05, 0.1) is 6.04 Å². The van der Waals surface area contributed by atoms with Gasteiger partial charge in [-0.25, -0.2) is 0 Å². The second-order valence-electron chi connectivity index (χ2n) is 5.22. The Balaban J connectivity index is 1.83. The molecule has 0 spiro atoms. The number of anilines is 2. The van der Waals surface area contributed by atoms with Gasteiger partial charge in [0, 0.05) is 22.0 Å². The summed E-state index contributed by atoms with van der Waals surface area (Å²) in [5.41, 5.74) is 5.13. The predicted molar refractivity (Wildman–Crippen MR) is 88.3 cm³/mol. The molecule has 1 aliphatic heterocycles. The fraction of sp³-hybridized carbons (Fsp3) is 0.0526. The third-order valence-corrected chi connectivity index (χ3v) is 4.22. The highest BCUT2D eigenvalue weighted by Gasteiger charge is 2.36. The Kier molecular flexibility index (Phi) is 2.94. The van der Waals surface area contributed by atoms with Crippen LogP contribution in [0.1, 0.15) is 17.2 Å². The van der Waals surface area contributed by atoms with Crippen molar-refractivity contribution >= 4 is 23.0 Å². The lowest BCUT2D eigenvalue weighted by Crippen LogP contribution is -2.34. The minimum atomic E-state index is 0.281. The average molecular weight is 292 g/mol. The first-order chi connectivity index (χ1) is 10.3. The summed E-state index contributed by atoms with van der Waals surface area (Å²) in [4.78, 5) is 2.36. The molecule has 1 atom stereocenters. The molecule has 1 nitrogen and oxygen atoms in total. The smallest absolute Gasteiger partial charge is 0.0865 e. The van der Waals surface area contributed by atoms with Gasteiger partial charge in [0.2, 0.25) is 0 Å². The molecule has 0 aromatic heterocycles. The number of rotatable bonds is 2. The lowest BCUT2D eigenvalue weighted by atomic mass is 9.87. The predicted octanol–water partition coefficient (Wildman–Crippen LogP) is 5.58. The van der Waals surface area contributed by atoms with Crippen LogP contribution in [0.3, 0.4) is 0 Å². The first-order valence-corrected chi connectivity index (χ1v) is 7.41. The van der Waals surface area contributed by atoms with Gasteiger partial charge in [-0.2, -0.15) is 0 Å². The van der Waals surface area contributed by atoms with Gasteiger partial charge in [-0.15, -0.1) is 0 Å². The number of fused-ring (bicyclic) bond motifs is 1. The topological polar surface area (TPSA) is 3.24 Å². The van der Waals surface area contributed by atoms with Crippen molar-refractivity contribution in [3.8, 4) is 0 Å². The summed E-state index contributed by atoms with van der Waals surface area (Å²) in [6.07, 6.45) is 0. The number of hydrogen-bond donors (Lipinski definition) is 0. The van der Waals surface area contributed by atoms with Crippen LogP contribution in [-0.4, -0.2) is 0 Å². The van der Waals surface area contributed by atoms with Crippen LogP contribution in [0.15, 0.2) is 78.9 Å². The average Bonchev–Trinajstić information content (AvgIpc) is 2.52. The quantitative estimate of drug-likeness (QED) is 0.595. The zero-order valence-electron chi connectivity index (χ0n) is 11.4. The zero-order chi connectivity index (χ0) is 14.2. The molecule has 2 heteroatoms. The monoisotopic (exact) mass is 291 g/mol. The van der Waals surface area contributed by atoms with Gasteiger partial charge in [-0.05, 0) is 35.9 Å². The van der Waals surface area contributed by atoms with Crippen LogP contribution in [0.5, 0.6) is 0 Å². The van der Waals surface area contributed by atoms with Crippen LogP contribution in [0.4, 0.5) is 11.4 Å². The zero-order valence-corrected chi connectivity index (χ0v) is 12.2. The Labute approximate surface area is 129 Å². The molecule has 3 aromatic carbocycles. The van der Waals surface area contributed by atoms with E-state index in [9.17, 15) is 0 Å². The third kappa shape index (κ3) is 2.01. The van der Waals surface area contributed by atoms with Crippen molar-refractivity contribution in [3.63, 3.8) is 0 Å². The maximum atomic E-state index is 6.01. The van der Waals surface area contributed by atoms with Gasteiger partial charge in [0.15, 0.2) is 0 Å². The highest BCUT2D eigenvalue weighted by molar-refractivity contribution is 6.30. The number of halogens is 1. The van der Waals surface area contributed by atoms with Crippen LogP contribution >= 0.6 is 11.6 Å². The van der Waals surface area contributed by atoms with Crippen molar-refractivity contribution in [1.82, 2.24) is 0 Å². The van der Waals surface area contributed by atoms with E-state index in [1.54, 1.807) is 0 Å². The molecule has 102 valence electrons. The first kappa shape index (κ1) is 12.5. The molecule has 0 radical (unpaired) electrons. The second kappa shape index (κ2) is 4.94. The fourth-order valence-corrected chi connectivity index (χ4v) is 3.13. The molecule has 1 aliphatic rings. The summed E-state index contributed by atoms with van der Waals surface area (Å²) < 4.78 is 0. The number of hydrogen-bond acceptors (Lipinski definition) is 1. The van der Waals surface area contributed by atoms with E-state index in [1.807, 2.05) is 12.1 Å². The summed E-state index contributed by atoms with van der Waals surface area (Å²) >= 11 is 6.01. The van der Waals surface area contributed by atoms with Gasteiger partial charge in [0.1, 0.15) is 0 Å². The van der Waals surface area contributed by atoms with Gasteiger partial charge in [-0.3, -0.25) is 0 Å². The third-order valence-electron chi connectivity index (χ3n) is 3.97. The van der Waals surface area contributed by atoms with E-state index in [0.29, 0.717) is 0 Å². The molecule has 1 unspecified atom stereocenters. The van der Waals surface area contributed by atoms with Crippen LogP contribution in [0, 0.1) is 0 Å². The van der Waals surface area contributed by atoms with Gasteiger partial charge in [-0.1, -0.05) is 60.1 Å². The molecule has 21 heavy (non-hydrogen) atoms. The Hall–Kier alpha value is -2.25. The molecular weight excluding hydrogens is 278 g/mol. The van der Waals surface area contributed by atoms with Crippen molar-refractivity contribution in [3.05, 3.63) is 95.0 Å². The van der Waals surface area contributed by atoms with E-state index >= 15 is 0 Å². The van der Waals surface area contributed by atoms with Gasteiger partial charge in [0.25, 0.3) is 0 Å². The van der Waals surface area contributed by atoms with Crippen molar-refractivity contribution in [1.29, 1.82) is 0 Å². The highest BCUT2D eigenvalue weighted by atomic mass is 35.5. The molecule has 0 N–H and O–H groups in total. The molecule has 0 amide bonds. The van der Waals surface area contributed by atoms with Crippen molar-refractivity contribution < 1.29 is 0 Å². The molecule has 4 rings (SSSR count). The Morgan fingerprint density at radius 1 is 0.714 bits per heavy atom. The largest absolute Gasteiger partial charge is 0.329 e. The summed E-state index contributed by atoms with van der Waals surface area (Å²) in [5, 5.41) is 0.767. The number of nitrogens with zero attached hydrogens (tertiary/aromatic N) is 1. The number of benzene rings is 3. The van der Waals surface area contributed by atoms with E-state index in [4.69, 9.17) is 11.6 Å². The minimum absolute atomic E-state index is 0.281. The van der Waals surface area contributed by atoms with Crippen molar-refractivity contribution in [2.75, 3.05) is 4.90 Å². The van der Waals surface area contributed by atoms with E-state index in [2.05, 4.69) is 71.6 Å².